The minimum absolute atomic E-state index is 0.234. The van der Waals surface area contributed by atoms with E-state index in [1.165, 1.54) is 83.5 Å². The monoisotopic (exact) mass is 350 g/mol. The standard InChI is InChI=1S/C22H42N2O/c1-2-3-4-5-6-7-8-9-10-11-12-13-14-15-16-17-22-23-20-21(24-22)18-19-25/h15-16,21,25H,2-14,17-20H2,1H3,(H,23,24). The molecule has 0 bridgehead atoms. The van der Waals surface area contributed by atoms with E-state index in [-0.39, 0.29) is 12.6 Å². The smallest absolute Gasteiger partial charge is 0.101 e. The molecular formula is C22H42N2O. The number of aliphatic hydroxyl groups is 1. The second-order valence-corrected chi connectivity index (χ2v) is 7.48. The van der Waals surface area contributed by atoms with Crippen molar-refractivity contribution in [3.8, 4) is 0 Å². The molecule has 1 aliphatic rings. The van der Waals surface area contributed by atoms with Gasteiger partial charge in [0.25, 0.3) is 0 Å². The van der Waals surface area contributed by atoms with Gasteiger partial charge in [-0.1, -0.05) is 89.7 Å². The summed E-state index contributed by atoms with van der Waals surface area (Å²) in [5.41, 5.74) is 0. The fourth-order valence-electron chi connectivity index (χ4n) is 3.40. The van der Waals surface area contributed by atoms with E-state index >= 15 is 0 Å². The maximum Gasteiger partial charge on any atom is 0.101 e. The molecule has 0 amide bonds. The summed E-state index contributed by atoms with van der Waals surface area (Å²) in [5, 5.41) is 12.2. The molecule has 0 aliphatic carbocycles. The average molecular weight is 351 g/mol. The second kappa shape index (κ2) is 16.6. The minimum Gasteiger partial charge on any atom is -0.396 e. The Hall–Kier alpha value is -0.830. The van der Waals surface area contributed by atoms with Crippen molar-refractivity contribution in [1.82, 2.24) is 5.32 Å². The first-order chi connectivity index (χ1) is 12.4. The van der Waals surface area contributed by atoms with E-state index in [1.807, 2.05) is 0 Å². The van der Waals surface area contributed by atoms with Crippen LogP contribution in [-0.4, -0.2) is 30.1 Å². The largest absolute Gasteiger partial charge is 0.396 e. The van der Waals surface area contributed by atoms with Gasteiger partial charge in [-0.2, -0.15) is 0 Å². The molecule has 1 heterocycles. The normalized spacial score (nSPS) is 17.2. The lowest BCUT2D eigenvalue weighted by atomic mass is 10.0. The summed E-state index contributed by atoms with van der Waals surface area (Å²) in [6.07, 6.45) is 24.4. The predicted molar refractivity (Wildman–Crippen MR) is 110 cm³/mol. The summed E-state index contributed by atoms with van der Waals surface area (Å²) in [4.78, 5) is 4.58. The van der Waals surface area contributed by atoms with Crippen molar-refractivity contribution >= 4 is 5.84 Å². The summed E-state index contributed by atoms with van der Waals surface area (Å²) < 4.78 is 0. The van der Waals surface area contributed by atoms with E-state index in [4.69, 9.17) is 5.11 Å². The van der Waals surface area contributed by atoms with Gasteiger partial charge in [-0.05, 0) is 19.3 Å². The number of aliphatic imine (C=N–C) groups is 1. The zero-order valence-electron chi connectivity index (χ0n) is 16.6. The average Bonchev–Trinajstić information content (AvgIpc) is 3.06. The van der Waals surface area contributed by atoms with E-state index in [9.17, 15) is 0 Å². The quantitative estimate of drug-likeness (QED) is 0.258. The lowest BCUT2D eigenvalue weighted by Crippen LogP contribution is -2.20. The second-order valence-electron chi connectivity index (χ2n) is 7.48. The van der Waals surface area contributed by atoms with Crippen LogP contribution < -0.4 is 5.32 Å². The Labute approximate surface area is 156 Å². The van der Waals surface area contributed by atoms with Crippen LogP contribution in [0, 0.1) is 0 Å². The molecule has 0 saturated heterocycles. The van der Waals surface area contributed by atoms with E-state index < -0.39 is 0 Å². The minimum atomic E-state index is 0.234. The van der Waals surface area contributed by atoms with Crippen LogP contribution in [0.1, 0.15) is 103 Å². The molecule has 0 radical (unpaired) electrons. The highest BCUT2D eigenvalue weighted by Crippen LogP contribution is 2.12. The summed E-state index contributed by atoms with van der Waals surface area (Å²) >= 11 is 0. The zero-order valence-corrected chi connectivity index (χ0v) is 16.6. The van der Waals surface area contributed by atoms with Crippen LogP contribution in [0.3, 0.4) is 0 Å². The van der Waals surface area contributed by atoms with Crippen LogP contribution in [-0.2, 0) is 0 Å². The van der Waals surface area contributed by atoms with E-state index in [0.29, 0.717) is 0 Å². The van der Waals surface area contributed by atoms with Crippen molar-refractivity contribution in [2.24, 2.45) is 4.99 Å². The van der Waals surface area contributed by atoms with E-state index in [0.717, 1.165) is 25.2 Å². The van der Waals surface area contributed by atoms with Crippen molar-refractivity contribution < 1.29 is 5.11 Å². The van der Waals surface area contributed by atoms with Gasteiger partial charge in [0.2, 0.25) is 0 Å². The van der Waals surface area contributed by atoms with Gasteiger partial charge in [0.15, 0.2) is 0 Å². The van der Waals surface area contributed by atoms with Crippen LogP contribution >= 0.6 is 0 Å². The number of hydrogen-bond acceptors (Lipinski definition) is 3. The van der Waals surface area contributed by atoms with Crippen molar-refractivity contribution in [3.63, 3.8) is 0 Å². The summed E-state index contributed by atoms with van der Waals surface area (Å²) in [5.74, 6) is 1.09. The van der Waals surface area contributed by atoms with Gasteiger partial charge in [-0.25, -0.2) is 0 Å². The Morgan fingerprint density at radius 2 is 1.52 bits per heavy atom. The number of hydrogen-bond donors (Lipinski definition) is 2. The molecule has 0 aromatic carbocycles. The summed E-state index contributed by atoms with van der Waals surface area (Å²) in [6.45, 7) is 3.41. The molecule has 0 aromatic heterocycles. The molecule has 1 atom stereocenters. The van der Waals surface area contributed by atoms with Crippen LogP contribution in [0.5, 0.6) is 0 Å². The summed E-state index contributed by atoms with van der Waals surface area (Å²) in [7, 11) is 0. The van der Waals surface area contributed by atoms with Gasteiger partial charge in [0.1, 0.15) is 5.84 Å². The van der Waals surface area contributed by atoms with Crippen molar-refractivity contribution in [2.45, 2.75) is 109 Å². The number of amidine groups is 1. The summed E-state index contributed by atoms with van der Waals surface area (Å²) in [6, 6.07) is 0.282. The third-order valence-corrected chi connectivity index (χ3v) is 5.04. The van der Waals surface area contributed by atoms with Crippen LogP contribution in [0.25, 0.3) is 0 Å². The van der Waals surface area contributed by atoms with Crippen LogP contribution in [0.4, 0.5) is 0 Å². The number of unbranched alkanes of at least 4 members (excludes halogenated alkanes) is 12. The molecule has 1 unspecified atom stereocenters. The van der Waals surface area contributed by atoms with Crippen molar-refractivity contribution in [3.05, 3.63) is 12.2 Å². The molecule has 1 aliphatic heterocycles. The van der Waals surface area contributed by atoms with Crippen molar-refractivity contribution in [1.29, 1.82) is 0 Å². The van der Waals surface area contributed by atoms with Gasteiger partial charge in [0.05, 0.1) is 6.04 Å². The van der Waals surface area contributed by atoms with Crippen LogP contribution in [0.2, 0.25) is 0 Å². The van der Waals surface area contributed by atoms with Gasteiger partial charge >= 0.3 is 0 Å². The van der Waals surface area contributed by atoms with E-state index in [2.05, 4.69) is 29.4 Å². The molecule has 1 rings (SSSR count). The van der Waals surface area contributed by atoms with Gasteiger partial charge in [0, 0.05) is 19.6 Å². The fraction of sp³-hybridized carbons (Fsp3) is 0.864. The fourth-order valence-corrected chi connectivity index (χ4v) is 3.40. The molecule has 3 heteroatoms. The zero-order chi connectivity index (χ0) is 18.0. The number of rotatable bonds is 17. The highest BCUT2D eigenvalue weighted by atomic mass is 16.3. The Morgan fingerprint density at radius 1 is 0.920 bits per heavy atom. The molecule has 0 aromatic rings. The molecule has 146 valence electrons. The number of nitrogens with one attached hydrogen (secondary N) is 1. The van der Waals surface area contributed by atoms with Crippen molar-refractivity contribution in [2.75, 3.05) is 13.2 Å². The highest BCUT2D eigenvalue weighted by Gasteiger charge is 2.14. The third-order valence-electron chi connectivity index (χ3n) is 5.04. The first-order valence-corrected chi connectivity index (χ1v) is 10.9. The third kappa shape index (κ3) is 13.1. The molecule has 25 heavy (non-hydrogen) atoms. The number of aliphatic hydroxyl groups excluding tert-OH is 1. The van der Waals surface area contributed by atoms with E-state index in [1.54, 1.807) is 0 Å². The Morgan fingerprint density at radius 3 is 2.12 bits per heavy atom. The lowest BCUT2D eigenvalue weighted by Gasteiger charge is -2.02. The number of allylic oxidation sites excluding steroid dienone is 1. The van der Waals surface area contributed by atoms with Crippen LogP contribution in [0.15, 0.2) is 17.1 Å². The molecule has 2 N–H and O–H groups in total. The Balaban J connectivity index is 1.81. The SMILES string of the molecule is CCCCCCCCCCCCCCC=CCC1=NC(CCO)CN1. The highest BCUT2D eigenvalue weighted by molar-refractivity contribution is 5.85. The van der Waals surface area contributed by atoms with Gasteiger partial charge in [-0.15, -0.1) is 0 Å². The maximum absolute atomic E-state index is 8.92. The predicted octanol–water partition coefficient (Wildman–Crippen LogP) is 5.78. The Bertz CT molecular complexity index is 352. The first kappa shape index (κ1) is 22.2. The molecule has 0 fully saturated rings. The molecular weight excluding hydrogens is 308 g/mol. The maximum atomic E-state index is 8.92. The number of nitrogens with zero attached hydrogens (tertiary/aromatic N) is 1. The lowest BCUT2D eigenvalue weighted by molar-refractivity contribution is 0.278. The molecule has 0 spiro atoms. The van der Waals surface area contributed by atoms with Gasteiger partial charge in [-0.3, -0.25) is 4.99 Å². The molecule has 3 nitrogen and oxygen atoms in total. The van der Waals surface area contributed by atoms with Gasteiger partial charge < -0.3 is 10.4 Å². The first-order valence-electron chi connectivity index (χ1n) is 10.9. The Kier molecular flexibility index (Phi) is 14.8. The topological polar surface area (TPSA) is 44.6 Å². The molecule has 0 saturated carbocycles.